The Hall–Kier alpha value is -3.62. The fourth-order valence-electron chi connectivity index (χ4n) is 3.17. The Morgan fingerprint density at radius 3 is 2.45 bits per heavy atom. The average Bonchev–Trinajstić information content (AvgIpc) is 3.06. The number of nitro groups is 1. The molecule has 0 saturated heterocycles. The minimum Gasteiger partial charge on any atom is -0.493 e. The molecule has 9 nitrogen and oxygen atoms in total. The lowest BCUT2D eigenvalue weighted by atomic mass is 10.0. The molecule has 1 atom stereocenters. The molecule has 0 fully saturated rings. The topological polar surface area (TPSA) is 104 Å². The minimum absolute atomic E-state index is 0.0598. The van der Waals surface area contributed by atoms with Crippen molar-refractivity contribution < 1.29 is 23.9 Å². The highest BCUT2D eigenvalue weighted by atomic mass is 16.6. The van der Waals surface area contributed by atoms with Crippen LogP contribution in [-0.2, 0) is 15.3 Å². The fraction of sp³-hybridized carbons (Fsp3) is 0.300. The van der Waals surface area contributed by atoms with Crippen LogP contribution in [0.5, 0.6) is 11.5 Å². The van der Waals surface area contributed by atoms with Gasteiger partial charge in [0, 0.05) is 36.6 Å². The van der Waals surface area contributed by atoms with Gasteiger partial charge < -0.3 is 14.2 Å². The molecular formula is C20H21N3O6. The molecule has 3 rings (SSSR count). The number of hydrogen-bond donors (Lipinski definition) is 0. The molecule has 0 aliphatic carbocycles. The lowest BCUT2D eigenvalue weighted by Gasteiger charge is -2.31. The number of rotatable bonds is 5. The van der Waals surface area contributed by atoms with Gasteiger partial charge in [0.15, 0.2) is 11.5 Å². The normalized spacial score (nSPS) is 18.1. The van der Waals surface area contributed by atoms with E-state index in [1.54, 1.807) is 44.2 Å². The molecule has 0 aromatic heterocycles. The quantitative estimate of drug-likeness (QED) is 0.564. The number of amides is 1. The number of nitro benzene ring substituents is 1. The van der Waals surface area contributed by atoms with Gasteiger partial charge in [-0.2, -0.15) is 5.01 Å². The Labute approximate surface area is 167 Å². The SMILES string of the molecule is COc1ccc(C2=NN(C(C)=O)[C@](C)(c3ccc(C)c([N+](=O)[O-])c3)O2)cc1OC. The van der Waals surface area contributed by atoms with E-state index in [0.29, 0.717) is 28.2 Å². The lowest BCUT2D eigenvalue weighted by Crippen LogP contribution is -2.41. The third-order valence-corrected chi connectivity index (χ3v) is 4.76. The first-order valence-corrected chi connectivity index (χ1v) is 8.77. The van der Waals surface area contributed by atoms with Crippen LogP contribution in [0.3, 0.4) is 0 Å². The van der Waals surface area contributed by atoms with Crippen LogP contribution in [0.25, 0.3) is 0 Å². The van der Waals surface area contributed by atoms with Crippen molar-refractivity contribution in [3.05, 3.63) is 63.2 Å². The highest BCUT2D eigenvalue weighted by Gasteiger charge is 2.45. The molecule has 9 heteroatoms. The number of hydrazone groups is 1. The predicted octanol–water partition coefficient (Wildman–Crippen LogP) is 3.33. The van der Waals surface area contributed by atoms with Crippen molar-refractivity contribution in [2.45, 2.75) is 26.5 Å². The van der Waals surface area contributed by atoms with Gasteiger partial charge in [-0.15, -0.1) is 5.10 Å². The zero-order valence-corrected chi connectivity index (χ0v) is 16.8. The number of methoxy groups -OCH3 is 2. The Kier molecular flexibility index (Phi) is 5.15. The maximum Gasteiger partial charge on any atom is 0.272 e. The molecule has 2 aromatic carbocycles. The summed E-state index contributed by atoms with van der Waals surface area (Å²) in [7, 11) is 3.04. The van der Waals surface area contributed by atoms with Crippen LogP contribution in [0.1, 0.15) is 30.5 Å². The van der Waals surface area contributed by atoms with Gasteiger partial charge in [0.2, 0.25) is 17.5 Å². The fourth-order valence-corrected chi connectivity index (χ4v) is 3.17. The molecule has 29 heavy (non-hydrogen) atoms. The second-order valence-electron chi connectivity index (χ2n) is 6.65. The number of hydrogen-bond acceptors (Lipinski definition) is 7. The first kappa shape index (κ1) is 20.1. The van der Waals surface area contributed by atoms with Crippen molar-refractivity contribution >= 4 is 17.5 Å². The van der Waals surface area contributed by atoms with Gasteiger partial charge in [0.1, 0.15) is 0 Å². The van der Waals surface area contributed by atoms with Crippen molar-refractivity contribution in [3.8, 4) is 11.5 Å². The maximum absolute atomic E-state index is 12.3. The third-order valence-electron chi connectivity index (χ3n) is 4.76. The zero-order chi connectivity index (χ0) is 21.3. The van der Waals surface area contributed by atoms with E-state index >= 15 is 0 Å². The largest absolute Gasteiger partial charge is 0.493 e. The number of aryl methyl sites for hydroxylation is 1. The zero-order valence-electron chi connectivity index (χ0n) is 16.8. The summed E-state index contributed by atoms with van der Waals surface area (Å²) in [6, 6.07) is 9.81. The van der Waals surface area contributed by atoms with Crippen LogP contribution in [0.4, 0.5) is 5.69 Å². The van der Waals surface area contributed by atoms with Gasteiger partial charge in [-0.1, -0.05) is 12.1 Å². The molecule has 1 aliphatic rings. The number of carbonyl (C=O) groups is 1. The van der Waals surface area contributed by atoms with Crippen molar-refractivity contribution in [1.29, 1.82) is 0 Å². The highest BCUT2D eigenvalue weighted by molar-refractivity contribution is 5.97. The summed E-state index contributed by atoms with van der Waals surface area (Å²) in [5, 5.41) is 16.9. The molecule has 0 saturated carbocycles. The van der Waals surface area contributed by atoms with Gasteiger partial charge in [-0.25, -0.2) is 0 Å². The molecule has 152 valence electrons. The van der Waals surface area contributed by atoms with Crippen molar-refractivity contribution in [1.82, 2.24) is 5.01 Å². The average molecular weight is 399 g/mol. The van der Waals surface area contributed by atoms with Crippen LogP contribution in [0, 0.1) is 17.0 Å². The van der Waals surface area contributed by atoms with Crippen molar-refractivity contribution in [2.75, 3.05) is 14.2 Å². The summed E-state index contributed by atoms with van der Waals surface area (Å²) >= 11 is 0. The van der Waals surface area contributed by atoms with Crippen LogP contribution in [0.2, 0.25) is 0 Å². The third kappa shape index (κ3) is 3.46. The molecule has 1 heterocycles. The van der Waals surface area contributed by atoms with E-state index in [1.807, 2.05) is 0 Å². The smallest absolute Gasteiger partial charge is 0.272 e. The van der Waals surface area contributed by atoms with E-state index in [1.165, 1.54) is 32.2 Å². The number of carbonyl (C=O) groups excluding carboxylic acids is 1. The second-order valence-corrected chi connectivity index (χ2v) is 6.65. The standard InChI is InChI=1S/C20H21N3O6/c1-12-6-8-15(11-16(12)23(25)26)20(3)22(13(2)24)21-19(29-20)14-7-9-17(27-4)18(10-14)28-5/h6-11H,1-5H3/t20-/m0/s1. The van der Waals surface area contributed by atoms with Gasteiger partial charge in [-0.3, -0.25) is 14.9 Å². The van der Waals surface area contributed by atoms with E-state index in [9.17, 15) is 14.9 Å². The monoisotopic (exact) mass is 399 g/mol. The first-order valence-electron chi connectivity index (χ1n) is 8.77. The van der Waals surface area contributed by atoms with Gasteiger partial charge in [0.05, 0.1) is 19.1 Å². The summed E-state index contributed by atoms with van der Waals surface area (Å²) in [4.78, 5) is 23.2. The number of nitrogens with zero attached hydrogens (tertiary/aromatic N) is 3. The van der Waals surface area contributed by atoms with E-state index in [0.717, 1.165) is 0 Å². The Morgan fingerprint density at radius 2 is 1.86 bits per heavy atom. The highest BCUT2D eigenvalue weighted by Crippen LogP contribution is 2.39. The van der Waals surface area contributed by atoms with Crippen molar-refractivity contribution in [3.63, 3.8) is 0 Å². The van der Waals surface area contributed by atoms with E-state index in [2.05, 4.69) is 5.10 Å². The summed E-state index contributed by atoms with van der Waals surface area (Å²) in [5.74, 6) is 0.832. The Bertz CT molecular complexity index is 1020. The van der Waals surface area contributed by atoms with E-state index in [-0.39, 0.29) is 17.5 Å². The minimum atomic E-state index is -1.34. The van der Waals surface area contributed by atoms with Crippen LogP contribution >= 0.6 is 0 Å². The molecule has 0 N–H and O–H groups in total. The predicted molar refractivity (Wildman–Crippen MR) is 105 cm³/mol. The number of ether oxygens (including phenoxy) is 3. The summed E-state index contributed by atoms with van der Waals surface area (Å²) in [5.41, 5.74) is 0.113. The molecule has 1 amide bonds. The first-order chi connectivity index (χ1) is 13.7. The van der Waals surface area contributed by atoms with Crippen LogP contribution in [-0.4, -0.2) is 36.0 Å². The molecular weight excluding hydrogens is 378 g/mol. The summed E-state index contributed by atoms with van der Waals surface area (Å²) < 4.78 is 16.6. The molecule has 0 radical (unpaired) electrons. The van der Waals surface area contributed by atoms with E-state index < -0.39 is 10.6 Å². The van der Waals surface area contributed by atoms with Gasteiger partial charge in [0.25, 0.3) is 5.69 Å². The van der Waals surface area contributed by atoms with Gasteiger partial charge >= 0.3 is 0 Å². The molecule has 0 spiro atoms. The second kappa shape index (κ2) is 7.42. The van der Waals surface area contributed by atoms with Crippen LogP contribution < -0.4 is 9.47 Å². The molecule has 2 aromatic rings. The van der Waals surface area contributed by atoms with Gasteiger partial charge in [-0.05, 0) is 25.1 Å². The Morgan fingerprint density at radius 1 is 1.17 bits per heavy atom. The summed E-state index contributed by atoms with van der Waals surface area (Å²) in [6.45, 7) is 4.64. The maximum atomic E-state index is 12.3. The van der Waals surface area contributed by atoms with Crippen LogP contribution in [0.15, 0.2) is 41.5 Å². The summed E-state index contributed by atoms with van der Waals surface area (Å²) in [6.07, 6.45) is 0. The molecule has 1 aliphatic heterocycles. The number of benzene rings is 2. The Balaban J connectivity index is 2.06. The van der Waals surface area contributed by atoms with E-state index in [4.69, 9.17) is 14.2 Å². The van der Waals surface area contributed by atoms with Crippen molar-refractivity contribution in [2.24, 2.45) is 5.10 Å². The lowest BCUT2D eigenvalue weighted by molar-refractivity contribution is -0.385. The molecule has 0 bridgehead atoms. The molecule has 0 unspecified atom stereocenters.